The Balaban J connectivity index is 2.12. The fourth-order valence-corrected chi connectivity index (χ4v) is 2.16. The molecule has 2 fully saturated rings. The fourth-order valence-electron chi connectivity index (χ4n) is 2.16. The summed E-state index contributed by atoms with van der Waals surface area (Å²) in [5, 5.41) is 0. The van der Waals surface area contributed by atoms with E-state index in [1.54, 1.807) is 0 Å². The van der Waals surface area contributed by atoms with Crippen LogP contribution in [0.15, 0.2) is 0 Å². The monoisotopic (exact) mass is 171 g/mol. The number of fused-ring (bicyclic) bond motifs is 2. The second-order valence-electron chi connectivity index (χ2n) is 3.42. The van der Waals surface area contributed by atoms with Crippen molar-refractivity contribution in [2.45, 2.75) is 31.1 Å². The van der Waals surface area contributed by atoms with Crippen LogP contribution < -0.4 is 5.73 Å². The smallest absolute Gasteiger partial charge is 0.312 e. The molecule has 2 saturated heterocycles. The van der Waals surface area contributed by atoms with Gasteiger partial charge in [-0.05, 0) is 12.8 Å². The third-order valence-electron chi connectivity index (χ3n) is 2.80. The largest absolute Gasteiger partial charge is 0.469 e. The first-order valence-electron chi connectivity index (χ1n) is 4.23. The molecule has 2 bridgehead atoms. The maximum absolute atomic E-state index is 11.2. The zero-order chi connectivity index (χ0) is 8.72. The Morgan fingerprint density at radius 3 is 2.67 bits per heavy atom. The Kier molecular flexibility index (Phi) is 1.81. The molecule has 12 heavy (non-hydrogen) atoms. The van der Waals surface area contributed by atoms with Gasteiger partial charge in [0, 0.05) is 6.04 Å². The highest BCUT2D eigenvalue weighted by Crippen LogP contribution is 2.38. The molecule has 68 valence electrons. The summed E-state index contributed by atoms with van der Waals surface area (Å²) in [4.78, 5) is 11.2. The third-order valence-corrected chi connectivity index (χ3v) is 2.80. The number of carbonyl (C=O) groups is 1. The summed E-state index contributed by atoms with van der Waals surface area (Å²) < 4.78 is 10.2. The molecule has 0 aliphatic carbocycles. The van der Waals surface area contributed by atoms with Crippen molar-refractivity contribution in [3.63, 3.8) is 0 Å². The first-order chi connectivity index (χ1) is 5.74. The van der Waals surface area contributed by atoms with Gasteiger partial charge in [-0.15, -0.1) is 0 Å². The SMILES string of the molecule is COC(=O)[C@H]1[C@@H](N)[C@@H]2CC[C@H]1O2. The summed E-state index contributed by atoms with van der Waals surface area (Å²) in [5.74, 6) is -0.455. The molecule has 0 aromatic heterocycles. The lowest BCUT2D eigenvalue weighted by Gasteiger charge is -2.21. The zero-order valence-corrected chi connectivity index (χ0v) is 7.03. The maximum Gasteiger partial charge on any atom is 0.312 e. The molecule has 4 atom stereocenters. The molecule has 0 aromatic carbocycles. The number of hydrogen-bond acceptors (Lipinski definition) is 4. The van der Waals surface area contributed by atoms with Crippen molar-refractivity contribution >= 4 is 5.97 Å². The predicted molar refractivity (Wildman–Crippen MR) is 41.4 cm³/mol. The Labute approximate surface area is 71.0 Å². The van der Waals surface area contributed by atoms with Crippen LogP contribution in [0.5, 0.6) is 0 Å². The molecule has 0 aromatic rings. The highest BCUT2D eigenvalue weighted by atomic mass is 16.5. The molecule has 0 spiro atoms. The molecule has 4 nitrogen and oxygen atoms in total. The number of nitrogens with two attached hydrogens (primary N) is 1. The van der Waals surface area contributed by atoms with E-state index in [2.05, 4.69) is 4.74 Å². The lowest BCUT2D eigenvalue weighted by molar-refractivity contribution is -0.147. The van der Waals surface area contributed by atoms with Gasteiger partial charge in [0.2, 0.25) is 0 Å². The molecule has 2 rings (SSSR count). The second-order valence-corrected chi connectivity index (χ2v) is 3.42. The molecule has 0 unspecified atom stereocenters. The second kappa shape index (κ2) is 2.71. The first-order valence-corrected chi connectivity index (χ1v) is 4.23. The van der Waals surface area contributed by atoms with Gasteiger partial charge in [0.1, 0.15) is 5.92 Å². The summed E-state index contributed by atoms with van der Waals surface area (Å²) >= 11 is 0. The van der Waals surface area contributed by atoms with E-state index in [-0.39, 0.29) is 30.1 Å². The van der Waals surface area contributed by atoms with E-state index in [0.717, 1.165) is 12.8 Å². The van der Waals surface area contributed by atoms with Crippen molar-refractivity contribution in [3.05, 3.63) is 0 Å². The molecule has 2 aliphatic heterocycles. The van der Waals surface area contributed by atoms with Gasteiger partial charge in [-0.2, -0.15) is 0 Å². The van der Waals surface area contributed by atoms with Gasteiger partial charge in [0.05, 0.1) is 19.3 Å². The van der Waals surface area contributed by atoms with E-state index in [1.165, 1.54) is 7.11 Å². The highest BCUT2D eigenvalue weighted by molar-refractivity contribution is 5.74. The van der Waals surface area contributed by atoms with E-state index < -0.39 is 0 Å². The van der Waals surface area contributed by atoms with Crippen LogP contribution in [-0.2, 0) is 14.3 Å². The van der Waals surface area contributed by atoms with Crippen LogP contribution in [0, 0.1) is 5.92 Å². The molecule has 2 aliphatic rings. The highest BCUT2D eigenvalue weighted by Gasteiger charge is 2.51. The average Bonchev–Trinajstić information content (AvgIpc) is 2.63. The van der Waals surface area contributed by atoms with Gasteiger partial charge < -0.3 is 15.2 Å². The van der Waals surface area contributed by atoms with Gasteiger partial charge >= 0.3 is 5.97 Å². The van der Waals surface area contributed by atoms with E-state index >= 15 is 0 Å². The quantitative estimate of drug-likeness (QED) is 0.548. The number of hydrogen-bond donors (Lipinski definition) is 1. The van der Waals surface area contributed by atoms with Crippen molar-refractivity contribution in [3.8, 4) is 0 Å². The van der Waals surface area contributed by atoms with Gasteiger partial charge in [-0.3, -0.25) is 4.79 Å². The lowest BCUT2D eigenvalue weighted by Crippen LogP contribution is -2.44. The minimum Gasteiger partial charge on any atom is -0.469 e. The van der Waals surface area contributed by atoms with Gasteiger partial charge in [-0.25, -0.2) is 0 Å². The normalized spacial score (nSPS) is 44.8. The van der Waals surface area contributed by atoms with Crippen molar-refractivity contribution in [1.29, 1.82) is 0 Å². The topological polar surface area (TPSA) is 61.5 Å². The summed E-state index contributed by atoms with van der Waals surface area (Å²) in [5.41, 5.74) is 5.81. The van der Waals surface area contributed by atoms with Gasteiger partial charge in [-0.1, -0.05) is 0 Å². The minimum absolute atomic E-state index is 0.0115. The van der Waals surface area contributed by atoms with Gasteiger partial charge in [0.25, 0.3) is 0 Å². The summed E-state index contributed by atoms with van der Waals surface area (Å²) in [6.07, 6.45) is 2.02. The summed E-state index contributed by atoms with van der Waals surface area (Å²) in [6.45, 7) is 0. The molecular formula is C8H13NO3. The average molecular weight is 171 g/mol. The van der Waals surface area contributed by atoms with Crippen molar-refractivity contribution in [2.75, 3.05) is 7.11 Å². The molecule has 4 heteroatoms. The maximum atomic E-state index is 11.2. The predicted octanol–water partition coefficient (Wildman–Crippen LogP) is -0.336. The van der Waals surface area contributed by atoms with Crippen molar-refractivity contribution in [2.24, 2.45) is 11.7 Å². The Bertz CT molecular complexity index is 204. The standard InChI is InChI=1S/C8H13NO3/c1-11-8(10)6-4-2-3-5(12-4)7(6)9/h4-7H,2-3,9H2,1H3/t4-,5+,6-,7+/m1/s1. The summed E-state index contributed by atoms with van der Waals surface area (Å²) in [7, 11) is 1.39. The third kappa shape index (κ3) is 0.949. The first kappa shape index (κ1) is 8.01. The molecule has 0 saturated carbocycles. The van der Waals surface area contributed by atoms with Crippen LogP contribution in [-0.4, -0.2) is 31.3 Å². The van der Waals surface area contributed by atoms with E-state index in [4.69, 9.17) is 10.5 Å². The Morgan fingerprint density at radius 1 is 1.50 bits per heavy atom. The minimum atomic E-state index is -0.228. The fraction of sp³-hybridized carbons (Fsp3) is 0.875. The number of rotatable bonds is 1. The van der Waals surface area contributed by atoms with Crippen LogP contribution in [0.1, 0.15) is 12.8 Å². The zero-order valence-electron chi connectivity index (χ0n) is 7.03. The molecular weight excluding hydrogens is 158 g/mol. The van der Waals surface area contributed by atoms with Crippen LogP contribution in [0.25, 0.3) is 0 Å². The van der Waals surface area contributed by atoms with Crippen molar-refractivity contribution in [1.82, 2.24) is 0 Å². The number of ether oxygens (including phenoxy) is 2. The number of carbonyl (C=O) groups excluding carboxylic acids is 1. The molecule has 0 amide bonds. The molecule has 2 N–H and O–H groups in total. The molecule has 2 heterocycles. The van der Waals surface area contributed by atoms with E-state index in [0.29, 0.717) is 0 Å². The van der Waals surface area contributed by atoms with Crippen molar-refractivity contribution < 1.29 is 14.3 Å². The van der Waals surface area contributed by atoms with Gasteiger partial charge in [0.15, 0.2) is 0 Å². The lowest BCUT2D eigenvalue weighted by atomic mass is 9.85. The Hall–Kier alpha value is -0.610. The van der Waals surface area contributed by atoms with Crippen LogP contribution in [0.3, 0.4) is 0 Å². The van der Waals surface area contributed by atoms with E-state index in [9.17, 15) is 4.79 Å². The van der Waals surface area contributed by atoms with E-state index in [1.807, 2.05) is 0 Å². The van der Waals surface area contributed by atoms with Crippen LogP contribution in [0.2, 0.25) is 0 Å². The molecule has 0 radical (unpaired) electrons. The number of methoxy groups -OCH3 is 1. The number of esters is 1. The summed E-state index contributed by atoms with van der Waals surface area (Å²) in [6, 6.07) is -0.156. The Morgan fingerprint density at radius 2 is 2.17 bits per heavy atom. The van der Waals surface area contributed by atoms with Crippen LogP contribution >= 0.6 is 0 Å². The van der Waals surface area contributed by atoms with Crippen LogP contribution in [0.4, 0.5) is 0 Å².